The second-order valence-corrected chi connectivity index (χ2v) is 4.03. The molecular weight excluding hydrogens is 214 g/mol. The zero-order chi connectivity index (χ0) is 11.0. The molecular formula is C10H9NO3S. The van der Waals surface area contributed by atoms with E-state index < -0.39 is 11.4 Å². The van der Waals surface area contributed by atoms with Crippen LogP contribution in [-0.2, 0) is 6.42 Å². The van der Waals surface area contributed by atoms with E-state index in [1.54, 1.807) is 0 Å². The Kier molecular flexibility index (Phi) is 2.32. The molecule has 2 heterocycles. The number of pyridine rings is 1. The molecule has 0 amide bonds. The van der Waals surface area contributed by atoms with Crippen molar-refractivity contribution < 1.29 is 9.90 Å². The highest BCUT2D eigenvalue weighted by Crippen LogP contribution is 2.21. The Morgan fingerprint density at radius 1 is 1.60 bits per heavy atom. The van der Waals surface area contributed by atoms with Gasteiger partial charge in [0.25, 0.3) is 0 Å². The Bertz CT molecular complexity index is 582. The van der Waals surface area contributed by atoms with Gasteiger partial charge in [0.2, 0.25) is 5.43 Å². The fraction of sp³-hybridized carbons (Fsp3) is 0.200. The van der Waals surface area contributed by atoms with Crippen molar-refractivity contribution in [2.75, 3.05) is 0 Å². The number of hydrogen-bond donors (Lipinski definition) is 2. The molecule has 0 aliphatic heterocycles. The lowest BCUT2D eigenvalue weighted by molar-refractivity contribution is 0.0695. The van der Waals surface area contributed by atoms with Gasteiger partial charge in [-0.1, -0.05) is 6.92 Å². The largest absolute Gasteiger partial charge is 0.477 e. The summed E-state index contributed by atoms with van der Waals surface area (Å²) < 4.78 is 0. The Hall–Kier alpha value is -1.62. The first-order valence-electron chi connectivity index (χ1n) is 4.50. The second-order valence-electron chi connectivity index (χ2n) is 3.16. The van der Waals surface area contributed by atoms with E-state index in [1.807, 2.05) is 12.3 Å². The van der Waals surface area contributed by atoms with Crippen LogP contribution in [0.4, 0.5) is 0 Å². The molecule has 4 nitrogen and oxygen atoms in total. The molecule has 0 bridgehead atoms. The molecule has 5 heteroatoms. The first-order valence-corrected chi connectivity index (χ1v) is 5.38. The van der Waals surface area contributed by atoms with Gasteiger partial charge < -0.3 is 10.1 Å². The van der Waals surface area contributed by atoms with Crippen molar-refractivity contribution in [1.82, 2.24) is 4.98 Å². The van der Waals surface area contributed by atoms with Crippen molar-refractivity contribution >= 4 is 27.5 Å². The van der Waals surface area contributed by atoms with Crippen LogP contribution in [0, 0.1) is 0 Å². The maximum Gasteiger partial charge on any atom is 0.341 e. The molecule has 2 aromatic heterocycles. The third kappa shape index (κ3) is 1.45. The summed E-state index contributed by atoms with van der Waals surface area (Å²) >= 11 is 1.42. The highest BCUT2D eigenvalue weighted by molar-refractivity contribution is 7.16. The van der Waals surface area contributed by atoms with E-state index in [0.717, 1.165) is 16.8 Å². The number of H-pyrrole nitrogens is 1. The molecule has 0 aliphatic rings. The maximum atomic E-state index is 11.8. The van der Waals surface area contributed by atoms with Crippen LogP contribution in [-0.4, -0.2) is 16.1 Å². The van der Waals surface area contributed by atoms with Crippen LogP contribution in [0.2, 0.25) is 0 Å². The van der Waals surface area contributed by atoms with E-state index in [1.165, 1.54) is 17.5 Å². The maximum absolute atomic E-state index is 11.8. The Labute approximate surface area is 89.2 Å². The number of aromatic carboxylic acids is 1. The molecule has 2 rings (SSSR count). The smallest absolute Gasteiger partial charge is 0.341 e. The zero-order valence-corrected chi connectivity index (χ0v) is 8.85. The minimum absolute atomic E-state index is 0.199. The molecule has 0 saturated heterocycles. The molecule has 0 fully saturated rings. The van der Waals surface area contributed by atoms with E-state index >= 15 is 0 Å². The third-order valence-electron chi connectivity index (χ3n) is 2.30. The van der Waals surface area contributed by atoms with Crippen LogP contribution < -0.4 is 5.43 Å². The lowest BCUT2D eigenvalue weighted by Crippen LogP contribution is -2.15. The molecule has 0 aliphatic carbocycles. The zero-order valence-electron chi connectivity index (χ0n) is 8.03. The van der Waals surface area contributed by atoms with Gasteiger partial charge in [0, 0.05) is 6.20 Å². The minimum Gasteiger partial charge on any atom is -0.477 e. The second kappa shape index (κ2) is 3.51. The van der Waals surface area contributed by atoms with E-state index in [2.05, 4.69) is 4.98 Å². The van der Waals surface area contributed by atoms with E-state index in [0.29, 0.717) is 5.39 Å². The normalized spacial score (nSPS) is 10.7. The Morgan fingerprint density at radius 2 is 2.33 bits per heavy atom. The van der Waals surface area contributed by atoms with Gasteiger partial charge in [0.05, 0.1) is 5.39 Å². The molecule has 0 unspecified atom stereocenters. The molecule has 0 radical (unpaired) electrons. The van der Waals surface area contributed by atoms with Crippen LogP contribution in [0.5, 0.6) is 0 Å². The van der Waals surface area contributed by atoms with Crippen LogP contribution in [0.3, 0.4) is 0 Å². The van der Waals surface area contributed by atoms with Gasteiger partial charge in [-0.2, -0.15) is 0 Å². The minimum atomic E-state index is -1.19. The summed E-state index contributed by atoms with van der Waals surface area (Å²) in [5, 5.41) is 11.2. The van der Waals surface area contributed by atoms with Gasteiger partial charge >= 0.3 is 5.97 Å². The third-order valence-corrected chi connectivity index (χ3v) is 3.26. The van der Waals surface area contributed by atoms with Crippen molar-refractivity contribution in [3.05, 3.63) is 32.9 Å². The van der Waals surface area contributed by atoms with Gasteiger partial charge in [-0.05, 0) is 17.4 Å². The average molecular weight is 223 g/mol. The number of carboxylic acid groups (broad SMARTS) is 1. The van der Waals surface area contributed by atoms with Crippen LogP contribution in [0.1, 0.15) is 22.8 Å². The molecule has 0 spiro atoms. The van der Waals surface area contributed by atoms with Gasteiger partial charge in [-0.25, -0.2) is 4.79 Å². The predicted molar refractivity (Wildman–Crippen MR) is 58.8 cm³/mol. The van der Waals surface area contributed by atoms with Crippen LogP contribution in [0.25, 0.3) is 10.2 Å². The summed E-state index contributed by atoms with van der Waals surface area (Å²) in [6.45, 7) is 1.94. The molecule has 2 N–H and O–H groups in total. The van der Waals surface area contributed by atoms with Gasteiger partial charge in [-0.3, -0.25) is 4.79 Å². The fourth-order valence-corrected chi connectivity index (χ4v) is 2.52. The number of rotatable bonds is 2. The molecule has 2 aromatic rings. The monoisotopic (exact) mass is 223 g/mol. The van der Waals surface area contributed by atoms with Crippen LogP contribution in [0.15, 0.2) is 16.4 Å². The first-order chi connectivity index (χ1) is 7.15. The molecule has 0 atom stereocenters. The summed E-state index contributed by atoms with van der Waals surface area (Å²) in [4.78, 5) is 26.2. The number of nitrogens with one attached hydrogen (secondary N) is 1. The molecule has 15 heavy (non-hydrogen) atoms. The SMILES string of the molecule is CCc1csc2[nH]cc(C(=O)O)c(=O)c12. The van der Waals surface area contributed by atoms with Gasteiger partial charge in [0.15, 0.2) is 0 Å². The van der Waals surface area contributed by atoms with Crippen molar-refractivity contribution in [3.63, 3.8) is 0 Å². The summed E-state index contributed by atoms with van der Waals surface area (Å²) in [5.74, 6) is -1.19. The quantitative estimate of drug-likeness (QED) is 0.816. The average Bonchev–Trinajstić information content (AvgIpc) is 2.61. The number of aromatic nitrogens is 1. The number of fused-ring (bicyclic) bond motifs is 1. The molecule has 0 aromatic carbocycles. The van der Waals surface area contributed by atoms with Crippen molar-refractivity contribution in [2.45, 2.75) is 13.3 Å². The lowest BCUT2D eigenvalue weighted by atomic mass is 10.1. The predicted octanol–water partition coefficient (Wildman–Crippen LogP) is 1.85. The number of carbonyl (C=O) groups is 1. The molecule has 0 saturated carbocycles. The van der Waals surface area contributed by atoms with Crippen molar-refractivity contribution in [1.29, 1.82) is 0 Å². The highest BCUT2D eigenvalue weighted by atomic mass is 32.1. The summed E-state index contributed by atoms with van der Waals surface area (Å²) in [5.41, 5.74) is 0.310. The van der Waals surface area contributed by atoms with Crippen molar-refractivity contribution in [3.8, 4) is 0 Å². The van der Waals surface area contributed by atoms with E-state index in [4.69, 9.17) is 5.11 Å². The first kappa shape index (κ1) is 9.92. The number of aryl methyl sites for hydroxylation is 1. The number of thiophene rings is 1. The van der Waals surface area contributed by atoms with Gasteiger partial charge in [-0.15, -0.1) is 11.3 Å². The summed E-state index contributed by atoms with van der Waals surface area (Å²) in [6, 6.07) is 0. The van der Waals surface area contributed by atoms with E-state index in [9.17, 15) is 9.59 Å². The molecule has 78 valence electrons. The summed E-state index contributed by atoms with van der Waals surface area (Å²) in [7, 11) is 0. The fourth-order valence-electron chi connectivity index (χ4n) is 1.51. The van der Waals surface area contributed by atoms with Crippen molar-refractivity contribution in [2.24, 2.45) is 0 Å². The lowest BCUT2D eigenvalue weighted by Gasteiger charge is -1.96. The summed E-state index contributed by atoms with van der Waals surface area (Å²) in [6.07, 6.45) is 1.98. The highest BCUT2D eigenvalue weighted by Gasteiger charge is 2.14. The van der Waals surface area contributed by atoms with E-state index in [-0.39, 0.29) is 5.56 Å². The standard InChI is InChI=1S/C10H9NO3S/c1-2-5-4-15-9-7(5)8(12)6(3-11-9)10(13)14/h3-4H,2H2,1H3,(H,11,12)(H,13,14). The topological polar surface area (TPSA) is 70.2 Å². The Balaban J connectivity index is 2.87. The number of carboxylic acids is 1. The number of hydrogen-bond acceptors (Lipinski definition) is 3. The van der Waals surface area contributed by atoms with Gasteiger partial charge in [0.1, 0.15) is 10.4 Å². The Morgan fingerprint density at radius 3 is 2.93 bits per heavy atom. The van der Waals surface area contributed by atoms with Crippen LogP contribution >= 0.6 is 11.3 Å². The number of aromatic amines is 1.